The molecule has 2 rings (SSSR count). The highest BCUT2D eigenvalue weighted by Gasteiger charge is 2.39. The third-order valence-electron chi connectivity index (χ3n) is 3.30. The first-order valence-electron chi connectivity index (χ1n) is 6.25. The minimum Gasteiger partial charge on any atom is -0.468 e. The van der Waals surface area contributed by atoms with Crippen LogP contribution in [0.15, 0.2) is 36.5 Å². The van der Waals surface area contributed by atoms with Crippen molar-refractivity contribution in [3.8, 4) is 0 Å². The molecular formula is C14H13F3N2O3. The van der Waals surface area contributed by atoms with Gasteiger partial charge in [-0.2, -0.15) is 13.2 Å². The van der Waals surface area contributed by atoms with Crippen LogP contribution in [0.25, 0.3) is 0 Å². The van der Waals surface area contributed by atoms with Gasteiger partial charge in [-0.15, -0.1) is 0 Å². The third-order valence-corrected chi connectivity index (χ3v) is 3.30. The Kier molecular flexibility index (Phi) is 4.11. The molecule has 2 N–H and O–H groups in total. The van der Waals surface area contributed by atoms with Crippen LogP contribution in [-0.4, -0.2) is 19.1 Å². The number of halogens is 3. The first kappa shape index (κ1) is 15.9. The van der Waals surface area contributed by atoms with Crippen molar-refractivity contribution in [3.63, 3.8) is 0 Å². The van der Waals surface area contributed by atoms with Crippen LogP contribution in [0.1, 0.15) is 17.2 Å². The fourth-order valence-electron chi connectivity index (χ4n) is 2.27. The van der Waals surface area contributed by atoms with Crippen molar-refractivity contribution in [1.82, 2.24) is 10.6 Å². The molecule has 0 aliphatic carbocycles. The van der Waals surface area contributed by atoms with E-state index < -0.39 is 35.7 Å². The number of urea groups is 1. The van der Waals surface area contributed by atoms with Gasteiger partial charge in [-0.1, -0.05) is 18.7 Å². The van der Waals surface area contributed by atoms with E-state index in [4.69, 9.17) is 0 Å². The number of carbonyl (C=O) groups excluding carboxylic acids is 2. The second-order valence-corrected chi connectivity index (χ2v) is 4.73. The lowest BCUT2D eigenvalue weighted by atomic mass is 9.88. The summed E-state index contributed by atoms with van der Waals surface area (Å²) in [5.41, 5.74) is -0.661. The first-order valence-corrected chi connectivity index (χ1v) is 6.25. The SMILES string of the molecule is C=C1NC(=O)N[C@@H](c2cccc(C(F)(F)F)c2)[C@H]1C(=O)OC. The van der Waals surface area contributed by atoms with Crippen molar-refractivity contribution >= 4 is 12.0 Å². The number of methoxy groups -OCH3 is 1. The van der Waals surface area contributed by atoms with E-state index in [0.29, 0.717) is 0 Å². The van der Waals surface area contributed by atoms with Crippen molar-refractivity contribution in [2.45, 2.75) is 12.2 Å². The van der Waals surface area contributed by atoms with Crippen LogP contribution in [0, 0.1) is 5.92 Å². The van der Waals surface area contributed by atoms with Crippen LogP contribution in [0.4, 0.5) is 18.0 Å². The number of rotatable bonds is 2. The van der Waals surface area contributed by atoms with E-state index in [1.54, 1.807) is 0 Å². The zero-order valence-electron chi connectivity index (χ0n) is 11.5. The number of nitrogens with one attached hydrogen (secondary N) is 2. The van der Waals surface area contributed by atoms with E-state index in [1.807, 2.05) is 0 Å². The summed E-state index contributed by atoms with van der Waals surface area (Å²) in [6.45, 7) is 3.57. The summed E-state index contributed by atoms with van der Waals surface area (Å²) < 4.78 is 43.0. The second-order valence-electron chi connectivity index (χ2n) is 4.73. The lowest BCUT2D eigenvalue weighted by molar-refractivity contribution is -0.145. The van der Waals surface area contributed by atoms with Crippen LogP contribution >= 0.6 is 0 Å². The van der Waals surface area contributed by atoms with E-state index >= 15 is 0 Å². The molecule has 0 spiro atoms. The Bertz CT molecular complexity index is 628. The van der Waals surface area contributed by atoms with Gasteiger partial charge in [-0.05, 0) is 17.7 Å². The topological polar surface area (TPSA) is 67.4 Å². The molecule has 118 valence electrons. The van der Waals surface area contributed by atoms with E-state index in [2.05, 4.69) is 21.9 Å². The number of esters is 1. The molecule has 1 aromatic rings. The van der Waals surface area contributed by atoms with Crippen LogP contribution in [0.3, 0.4) is 0 Å². The standard InChI is InChI=1S/C14H13F3N2O3/c1-7-10(12(20)22-2)11(19-13(21)18-7)8-4-3-5-9(6-8)14(15,16)17/h3-6,10-11H,1H2,2H3,(H2,18,19,21)/t10-,11-/m0/s1. The summed E-state index contributed by atoms with van der Waals surface area (Å²) >= 11 is 0. The molecule has 5 nitrogen and oxygen atoms in total. The van der Waals surface area contributed by atoms with Gasteiger partial charge in [0.15, 0.2) is 0 Å². The summed E-state index contributed by atoms with van der Waals surface area (Å²) in [5, 5.41) is 4.75. The smallest absolute Gasteiger partial charge is 0.416 e. The summed E-state index contributed by atoms with van der Waals surface area (Å²) in [7, 11) is 1.15. The van der Waals surface area contributed by atoms with Gasteiger partial charge in [0, 0.05) is 5.70 Å². The van der Waals surface area contributed by atoms with Crippen LogP contribution in [0.2, 0.25) is 0 Å². The van der Waals surface area contributed by atoms with E-state index in [1.165, 1.54) is 12.1 Å². The van der Waals surface area contributed by atoms with Gasteiger partial charge >= 0.3 is 18.2 Å². The Morgan fingerprint density at radius 3 is 2.64 bits per heavy atom. The Hall–Kier alpha value is -2.51. The Morgan fingerprint density at radius 1 is 1.36 bits per heavy atom. The van der Waals surface area contributed by atoms with Crippen molar-refractivity contribution in [3.05, 3.63) is 47.7 Å². The molecule has 1 aliphatic rings. The molecule has 1 fully saturated rings. The minimum atomic E-state index is -4.52. The van der Waals surface area contributed by atoms with Gasteiger partial charge in [-0.25, -0.2) is 4.79 Å². The Labute approximate surface area is 124 Å². The lowest BCUT2D eigenvalue weighted by Gasteiger charge is -2.33. The number of hydrogen-bond acceptors (Lipinski definition) is 3. The third kappa shape index (κ3) is 3.05. The molecule has 2 atom stereocenters. The van der Waals surface area contributed by atoms with Crippen molar-refractivity contribution in [1.29, 1.82) is 0 Å². The number of carbonyl (C=O) groups is 2. The lowest BCUT2D eigenvalue weighted by Crippen LogP contribution is -2.51. The molecule has 1 heterocycles. The summed E-state index contributed by atoms with van der Waals surface area (Å²) in [6.07, 6.45) is -4.52. The summed E-state index contributed by atoms with van der Waals surface area (Å²) in [5.74, 6) is -1.73. The highest BCUT2D eigenvalue weighted by Crippen LogP contribution is 2.34. The maximum absolute atomic E-state index is 12.8. The van der Waals surface area contributed by atoms with Crippen molar-refractivity contribution in [2.24, 2.45) is 5.92 Å². The average molecular weight is 314 g/mol. The Morgan fingerprint density at radius 2 is 2.05 bits per heavy atom. The van der Waals surface area contributed by atoms with Gasteiger partial charge in [0.1, 0.15) is 5.92 Å². The zero-order valence-corrected chi connectivity index (χ0v) is 11.5. The molecule has 0 unspecified atom stereocenters. The number of benzene rings is 1. The number of hydrogen-bond donors (Lipinski definition) is 2. The minimum absolute atomic E-state index is 0.0676. The fourth-order valence-corrected chi connectivity index (χ4v) is 2.27. The van der Waals surface area contributed by atoms with Gasteiger partial charge < -0.3 is 15.4 Å². The van der Waals surface area contributed by atoms with Crippen LogP contribution in [0.5, 0.6) is 0 Å². The maximum Gasteiger partial charge on any atom is 0.416 e. The van der Waals surface area contributed by atoms with Crippen molar-refractivity contribution in [2.75, 3.05) is 7.11 Å². The van der Waals surface area contributed by atoms with Crippen LogP contribution in [-0.2, 0) is 15.7 Å². The fraction of sp³-hybridized carbons (Fsp3) is 0.286. The average Bonchev–Trinajstić information content (AvgIpc) is 2.45. The van der Waals surface area contributed by atoms with E-state index in [-0.39, 0.29) is 11.3 Å². The van der Waals surface area contributed by atoms with Gasteiger partial charge in [0.2, 0.25) is 0 Å². The van der Waals surface area contributed by atoms with Gasteiger partial charge in [-0.3, -0.25) is 4.79 Å². The highest BCUT2D eigenvalue weighted by molar-refractivity contribution is 5.85. The molecule has 0 radical (unpaired) electrons. The summed E-state index contributed by atoms with van der Waals surface area (Å²) in [4.78, 5) is 23.4. The quantitative estimate of drug-likeness (QED) is 0.824. The maximum atomic E-state index is 12.8. The molecule has 1 aromatic carbocycles. The molecule has 8 heteroatoms. The molecule has 0 saturated carbocycles. The molecular weight excluding hydrogens is 301 g/mol. The molecule has 1 saturated heterocycles. The monoisotopic (exact) mass is 314 g/mol. The molecule has 22 heavy (non-hydrogen) atoms. The number of amides is 2. The van der Waals surface area contributed by atoms with Crippen molar-refractivity contribution < 1.29 is 27.5 Å². The molecule has 2 amide bonds. The Balaban J connectivity index is 2.44. The zero-order chi connectivity index (χ0) is 16.5. The predicted molar refractivity (Wildman–Crippen MR) is 70.5 cm³/mol. The second kappa shape index (κ2) is 5.70. The van der Waals surface area contributed by atoms with Gasteiger partial charge in [0.05, 0.1) is 18.7 Å². The number of alkyl halides is 3. The van der Waals surface area contributed by atoms with E-state index in [9.17, 15) is 22.8 Å². The van der Waals surface area contributed by atoms with Gasteiger partial charge in [0.25, 0.3) is 0 Å². The molecule has 0 aromatic heterocycles. The molecule has 1 aliphatic heterocycles. The van der Waals surface area contributed by atoms with Crippen LogP contribution < -0.4 is 10.6 Å². The highest BCUT2D eigenvalue weighted by atomic mass is 19.4. The summed E-state index contributed by atoms with van der Waals surface area (Å²) in [6, 6.07) is 2.77. The number of ether oxygens (including phenoxy) is 1. The molecule has 0 bridgehead atoms. The first-order chi connectivity index (χ1) is 10.2. The van der Waals surface area contributed by atoms with E-state index in [0.717, 1.165) is 19.2 Å². The largest absolute Gasteiger partial charge is 0.468 e. The predicted octanol–water partition coefficient (Wildman–Crippen LogP) is 2.36. The normalized spacial score (nSPS) is 21.8.